The molecule has 274 valence electrons. The topological polar surface area (TPSA) is 175 Å². The van der Waals surface area contributed by atoms with Crippen LogP contribution < -0.4 is 31.0 Å². The third-order valence-corrected chi connectivity index (χ3v) is 9.59. The number of nitrogens with one attached hydrogen (secondary N) is 3. The average molecular weight is 714 g/mol. The minimum absolute atomic E-state index is 0.0683. The summed E-state index contributed by atoms with van der Waals surface area (Å²) in [7, 11) is 6.52. The molecule has 4 amide bonds. The molecule has 0 spiro atoms. The van der Waals surface area contributed by atoms with Gasteiger partial charge >= 0.3 is 0 Å². The lowest BCUT2D eigenvalue weighted by atomic mass is 10.0. The smallest absolute Gasteiger partial charge is 0.276 e. The minimum Gasteiger partial charge on any atom is -0.496 e. The van der Waals surface area contributed by atoms with Gasteiger partial charge in [-0.15, -0.1) is 0 Å². The van der Waals surface area contributed by atoms with E-state index in [1.54, 1.807) is 51.5 Å². The van der Waals surface area contributed by atoms with Crippen LogP contribution in [0.3, 0.4) is 0 Å². The summed E-state index contributed by atoms with van der Waals surface area (Å²) in [6.07, 6.45) is 5.39. The first kappa shape index (κ1) is 36.1. The van der Waals surface area contributed by atoms with Crippen molar-refractivity contribution < 1.29 is 33.4 Å². The quantitative estimate of drug-likeness (QED) is 0.130. The fourth-order valence-electron chi connectivity index (χ4n) is 6.91. The molecule has 2 aromatic heterocycles. The highest BCUT2D eigenvalue weighted by molar-refractivity contribution is 6.06. The van der Waals surface area contributed by atoms with Gasteiger partial charge in [0.2, 0.25) is 17.7 Å². The van der Waals surface area contributed by atoms with Crippen LogP contribution in [0.2, 0.25) is 0 Å². The molecule has 2 atom stereocenters. The van der Waals surface area contributed by atoms with E-state index in [1.807, 2.05) is 31.2 Å². The number of ether oxygens (including phenoxy) is 3. The Kier molecular flexibility index (Phi) is 10.6. The molecule has 0 saturated carbocycles. The number of methoxy groups -OCH3 is 2. The van der Waals surface area contributed by atoms with Crippen molar-refractivity contribution in [3.8, 4) is 22.6 Å². The highest BCUT2D eigenvalue weighted by atomic mass is 16.5. The largest absolute Gasteiger partial charge is 0.496 e. The van der Waals surface area contributed by atoms with Crippen molar-refractivity contribution in [3.05, 3.63) is 69.8 Å². The SMILES string of the molecule is COc1cc(-c2cn(C)c(=O)c3c2cnn3C)cc(OC)c1COCC(=O)NC(C)CCCNc1cccc2c1CN(C1CCC(=O)NC1=O)C2=O. The van der Waals surface area contributed by atoms with Crippen LogP contribution in [0.15, 0.2) is 47.5 Å². The molecule has 0 aliphatic carbocycles. The van der Waals surface area contributed by atoms with Crippen LogP contribution in [0.1, 0.15) is 54.1 Å². The molecule has 2 unspecified atom stereocenters. The minimum atomic E-state index is -0.666. The molecule has 0 bridgehead atoms. The van der Waals surface area contributed by atoms with Crippen molar-refractivity contribution in [2.45, 2.75) is 57.8 Å². The predicted octanol–water partition coefficient (Wildman–Crippen LogP) is 2.63. The van der Waals surface area contributed by atoms with E-state index in [9.17, 15) is 24.0 Å². The van der Waals surface area contributed by atoms with Crippen LogP contribution >= 0.6 is 0 Å². The number of imide groups is 1. The first-order chi connectivity index (χ1) is 25.0. The van der Waals surface area contributed by atoms with E-state index in [-0.39, 0.29) is 49.0 Å². The molecule has 2 aliphatic rings. The number of carbonyl (C=O) groups is 4. The summed E-state index contributed by atoms with van der Waals surface area (Å²) in [5.41, 5.74) is 4.74. The summed E-state index contributed by atoms with van der Waals surface area (Å²) in [6.45, 7) is 2.74. The van der Waals surface area contributed by atoms with Gasteiger partial charge in [0.1, 0.15) is 29.7 Å². The van der Waals surface area contributed by atoms with Gasteiger partial charge in [0.15, 0.2) is 0 Å². The van der Waals surface area contributed by atoms with Crippen LogP contribution in [-0.4, -0.2) is 82.3 Å². The molecular weight excluding hydrogens is 670 g/mol. The highest BCUT2D eigenvalue weighted by Crippen LogP contribution is 2.38. The molecule has 15 heteroatoms. The van der Waals surface area contributed by atoms with E-state index in [0.717, 1.165) is 28.8 Å². The zero-order valence-electron chi connectivity index (χ0n) is 29.9. The first-order valence-corrected chi connectivity index (χ1v) is 17.1. The normalized spacial score (nSPS) is 16.1. The standard InChI is InChI=1S/C37H43N7O8/c1-21(8-7-13-38-28-10-6-9-23-26(28)18-44(36(23)48)29-11-12-32(45)41-35(29)47)40-33(46)20-52-19-27-30(50-4)14-22(15-31(27)51-5)25-17-42(2)37(49)34-24(25)16-39-43(34)3/h6,9-10,14-17,21,29,38H,7-8,11-13,18-20H2,1-5H3,(H,40,46)(H,41,45,47). The summed E-state index contributed by atoms with van der Waals surface area (Å²) in [6, 6.07) is 8.39. The molecule has 15 nitrogen and oxygen atoms in total. The number of carbonyl (C=O) groups excluding carboxylic acids is 4. The number of aromatic nitrogens is 3. The van der Waals surface area contributed by atoms with Gasteiger partial charge in [-0.2, -0.15) is 5.10 Å². The molecular formula is C37H43N7O8. The van der Waals surface area contributed by atoms with Gasteiger partial charge in [0, 0.05) is 73.6 Å². The Labute approximate surface area is 300 Å². The lowest BCUT2D eigenvalue weighted by Gasteiger charge is -2.29. The van der Waals surface area contributed by atoms with Gasteiger partial charge in [-0.05, 0) is 56.0 Å². The maximum Gasteiger partial charge on any atom is 0.276 e. The fraction of sp³-hybridized carbons (Fsp3) is 0.405. The summed E-state index contributed by atoms with van der Waals surface area (Å²) in [5, 5.41) is 13.7. The Bertz CT molecular complexity index is 2080. The molecule has 1 saturated heterocycles. The maximum atomic E-state index is 13.1. The van der Waals surface area contributed by atoms with Crippen molar-refractivity contribution in [2.24, 2.45) is 14.1 Å². The Morgan fingerprint density at radius 2 is 1.83 bits per heavy atom. The number of pyridine rings is 1. The van der Waals surface area contributed by atoms with Gasteiger partial charge in [-0.25, -0.2) is 0 Å². The zero-order chi connectivity index (χ0) is 37.1. The number of rotatable bonds is 14. The fourth-order valence-corrected chi connectivity index (χ4v) is 6.91. The van der Waals surface area contributed by atoms with Crippen LogP contribution in [0.5, 0.6) is 11.5 Å². The van der Waals surface area contributed by atoms with Crippen molar-refractivity contribution in [3.63, 3.8) is 0 Å². The van der Waals surface area contributed by atoms with Crippen molar-refractivity contribution >= 4 is 40.2 Å². The second-order valence-corrected chi connectivity index (χ2v) is 13.1. The van der Waals surface area contributed by atoms with Gasteiger partial charge < -0.3 is 34.3 Å². The number of amides is 4. The third kappa shape index (κ3) is 7.21. The molecule has 1 fully saturated rings. The van der Waals surface area contributed by atoms with Gasteiger partial charge in [0.05, 0.1) is 32.6 Å². The van der Waals surface area contributed by atoms with Crippen LogP contribution in [0.25, 0.3) is 22.0 Å². The van der Waals surface area contributed by atoms with E-state index in [4.69, 9.17) is 14.2 Å². The molecule has 2 aromatic carbocycles. The Morgan fingerprint density at radius 1 is 1.08 bits per heavy atom. The third-order valence-electron chi connectivity index (χ3n) is 9.59. The monoisotopic (exact) mass is 713 g/mol. The van der Waals surface area contributed by atoms with Crippen molar-refractivity contribution in [2.75, 3.05) is 32.7 Å². The summed E-state index contributed by atoms with van der Waals surface area (Å²) in [4.78, 5) is 64.1. The first-order valence-electron chi connectivity index (χ1n) is 17.1. The molecule has 3 N–H and O–H groups in total. The Hall–Kier alpha value is -5.70. The molecule has 2 aliphatic heterocycles. The van der Waals surface area contributed by atoms with Gasteiger partial charge in [-0.3, -0.25) is 34.0 Å². The maximum absolute atomic E-state index is 13.1. The average Bonchev–Trinajstić information content (AvgIpc) is 3.68. The molecule has 0 radical (unpaired) electrons. The number of fused-ring (bicyclic) bond motifs is 2. The van der Waals surface area contributed by atoms with Crippen LogP contribution in [-0.2, 0) is 46.4 Å². The number of piperidine rings is 1. The van der Waals surface area contributed by atoms with E-state index in [0.29, 0.717) is 59.5 Å². The van der Waals surface area contributed by atoms with Crippen molar-refractivity contribution in [1.82, 2.24) is 29.9 Å². The molecule has 52 heavy (non-hydrogen) atoms. The number of aryl methyl sites for hydroxylation is 2. The summed E-state index contributed by atoms with van der Waals surface area (Å²) >= 11 is 0. The second-order valence-electron chi connectivity index (χ2n) is 13.1. The summed E-state index contributed by atoms with van der Waals surface area (Å²) in [5.74, 6) is -0.201. The van der Waals surface area contributed by atoms with Crippen LogP contribution in [0, 0.1) is 0 Å². The molecule has 4 aromatic rings. The molecule has 6 rings (SSSR count). The van der Waals surface area contributed by atoms with E-state index in [1.165, 1.54) is 9.47 Å². The zero-order valence-corrected chi connectivity index (χ0v) is 29.9. The Morgan fingerprint density at radius 3 is 2.54 bits per heavy atom. The highest BCUT2D eigenvalue weighted by Gasteiger charge is 2.39. The number of benzene rings is 2. The number of hydrogen-bond acceptors (Lipinski definition) is 10. The lowest BCUT2D eigenvalue weighted by Crippen LogP contribution is -2.52. The lowest BCUT2D eigenvalue weighted by molar-refractivity contribution is -0.137. The number of anilines is 1. The number of nitrogens with zero attached hydrogens (tertiary/aromatic N) is 4. The Balaban J connectivity index is 0.991. The molecule has 4 heterocycles. The predicted molar refractivity (Wildman–Crippen MR) is 192 cm³/mol. The number of hydrogen-bond donors (Lipinski definition) is 3. The van der Waals surface area contributed by atoms with Crippen LogP contribution in [0.4, 0.5) is 5.69 Å². The van der Waals surface area contributed by atoms with E-state index in [2.05, 4.69) is 21.0 Å². The van der Waals surface area contributed by atoms with E-state index < -0.39 is 11.9 Å². The van der Waals surface area contributed by atoms with Gasteiger partial charge in [-0.1, -0.05) is 6.07 Å². The van der Waals surface area contributed by atoms with E-state index >= 15 is 0 Å². The van der Waals surface area contributed by atoms with Crippen molar-refractivity contribution in [1.29, 1.82) is 0 Å². The second kappa shape index (κ2) is 15.3. The van der Waals surface area contributed by atoms with Gasteiger partial charge in [0.25, 0.3) is 11.5 Å². The summed E-state index contributed by atoms with van der Waals surface area (Å²) < 4.78 is 20.3.